The second-order valence-corrected chi connectivity index (χ2v) is 11.3. The molecule has 8 nitrogen and oxygen atoms in total. The molecule has 2 aromatic carbocycles. The molecule has 2 N–H and O–H groups in total. The number of amides is 2. The molecule has 2 atom stereocenters. The average Bonchev–Trinajstić information content (AvgIpc) is 3.27. The number of hydrogen-bond donors (Lipinski definition) is 2. The van der Waals surface area contributed by atoms with E-state index < -0.39 is 18.0 Å². The number of carbonyl (C=O) groups excluding carboxylic acids is 3. The van der Waals surface area contributed by atoms with Crippen LogP contribution in [0.15, 0.2) is 47.6 Å². The molecular weight excluding hydrogens is 573 g/mol. The summed E-state index contributed by atoms with van der Waals surface area (Å²) in [5, 5.41) is 8.12. The van der Waals surface area contributed by atoms with Crippen molar-refractivity contribution < 1.29 is 23.9 Å². The van der Waals surface area contributed by atoms with E-state index in [1.54, 1.807) is 56.3 Å². The van der Waals surface area contributed by atoms with Gasteiger partial charge in [-0.3, -0.25) is 9.59 Å². The van der Waals surface area contributed by atoms with Crippen LogP contribution < -0.4 is 15.5 Å². The van der Waals surface area contributed by atoms with E-state index in [4.69, 9.17) is 32.7 Å². The monoisotopic (exact) mass is 601 g/mol. The summed E-state index contributed by atoms with van der Waals surface area (Å²) in [6.45, 7) is 5.77. The Kier molecular flexibility index (Phi) is 9.84. The molecule has 1 aliphatic rings. The summed E-state index contributed by atoms with van der Waals surface area (Å²) in [5.41, 5.74) is 4.70. The Bertz CT molecular complexity index is 1420. The highest BCUT2D eigenvalue weighted by atomic mass is 35.5. The molecule has 40 heavy (non-hydrogen) atoms. The molecule has 4 rings (SSSR count). The molecule has 0 bridgehead atoms. The normalized spacial score (nSPS) is 15.3. The molecule has 0 saturated carbocycles. The number of benzene rings is 2. The second kappa shape index (κ2) is 13.3. The number of hydrogen-bond acceptors (Lipinski definition) is 7. The van der Waals surface area contributed by atoms with Gasteiger partial charge in [-0.25, -0.2) is 10.2 Å². The van der Waals surface area contributed by atoms with Crippen LogP contribution in [0.1, 0.15) is 63.9 Å². The van der Waals surface area contributed by atoms with Crippen molar-refractivity contribution >= 4 is 63.5 Å². The Hall–Kier alpha value is -3.40. The van der Waals surface area contributed by atoms with E-state index in [1.807, 2.05) is 0 Å². The molecule has 0 aliphatic heterocycles. The number of thiophene rings is 1. The molecule has 0 radical (unpaired) electrons. The number of rotatable bonds is 9. The van der Waals surface area contributed by atoms with E-state index in [0.717, 1.165) is 29.7 Å². The molecule has 1 heterocycles. The van der Waals surface area contributed by atoms with Gasteiger partial charge in [-0.15, -0.1) is 11.3 Å². The van der Waals surface area contributed by atoms with Crippen molar-refractivity contribution in [2.24, 2.45) is 11.0 Å². The standard InChI is InChI=1S/C29H29Cl2N3O5S/c1-4-38-29(37)25-20-13-8-16(2)14-24(20)40-28(25)33-27(36)18-9-11-19(12-10-18)39-17(3)26(35)34-32-15-21-22(30)6-5-7-23(21)31/h5-7,9-12,15-17H,4,8,13-14H2,1-3H3,(H,33,36)(H,34,35)/b32-15-/t16-,17+/m1/s1. The lowest BCUT2D eigenvalue weighted by Crippen LogP contribution is -2.33. The van der Waals surface area contributed by atoms with Crippen LogP contribution in [-0.2, 0) is 22.4 Å². The number of halogens is 2. The van der Waals surface area contributed by atoms with Crippen molar-refractivity contribution in [1.82, 2.24) is 5.43 Å². The van der Waals surface area contributed by atoms with Crippen LogP contribution in [-0.4, -0.2) is 36.7 Å². The summed E-state index contributed by atoms with van der Waals surface area (Å²) in [6.07, 6.45) is 3.14. The molecule has 1 aliphatic carbocycles. The van der Waals surface area contributed by atoms with Crippen LogP contribution in [0.2, 0.25) is 10.0 Å². The lowest BCUT2D eigenvalue weighted by molar-refractivity contribution is -0.127. The predicted molar refractivity (Wildman–Crippen MR) is 158 cm³/mol. The SMILES string of the molecule is CCOC(=O)c1c(NC(=O)c2ccc(O[C@@H](C)C(=O)N/N=C\c3c(Cl)cccc3Cl)cc2)sc2c1CC[C@@H](C)C2. The van der Waals surface area contributed by atoms with Gasteiger partial charge in [0.25, 0.3) is 11.8 Å². The maximum Gasteiger partial charge on any atom is 0.341 e. The first-order valence-corrected chi connectivity index (χ1v) is 14.4. The summed E-state index contributed by atoms with van der Waals surface area (Å²) >= 11 is 13.6. The number of carbonyl (C=O) groups is 3. The van der Waals surface area contributed by atoms with Crippen molar-refractivity contribution in [1.29, 1.82) is 0 Å². The van der Waals surface area contributed by atoms with Crippen LogP contribution in [0.3, 0.4) is 0 Å². The number of anilines is 1. The molecule has 0 unspecified atom stereocenters. The van der Waals surface area contributed by atoms with Gasteiger partial charge in [-0.2, -0.15) is 5.10 Å². The summed E-state index contributed by atoms with van der Waals surface area (Å²) in [7, 11) is 0. The lowest BCUT2D eigenvalue weighted by Gasteiger charge is -2.18. The minimum Gasteiger partial charge on any atom is -0.481 e. The third-order valence-corrected chi connectivity index (χ3v) is 8.21. The van der Waals surface area contributed by atoms with Crippen LogP contribution >= 0.6 is 34.5 Å². The van der Waals surface area contributed by atoms with Gasteiger partial charge in [0.05, 0.1) is 28.4 Å². The van der Waals surface area contributed by atoms with Gasteiger partial charge < -0.3 is 14.8 Å². The molecule has 11 heteroatoms. The summed E-state index contributed by atoms with van der Waals surface area (Å²) in [5.74, 6) is -0.342. The first-order valence-electron chi connectivity index (χ1n) is 12.8. The largest absolute Gasteiger partial charge is 0.481 e. The predicted octanol–water partition coefficient (Wildman–Crippen LogP) is 6.53. The zero-order valence-corrected chi connectivity index (χ0v) is 24.6. The highest BCUT2D eigenvalue weighted by Gasteiger charge is 2.29. The van der Waals surface area contributed by atoms with E-state index in [9.17, 15) is 14.4 Å². The number of hydrazone groups is 1. The quantitative estimate of drug-likeness (QED) is 0.165. The van der Waals surface area contributed by atoms with E-state index in [0.29, 0.717) is 43.4 Å². The number of fused-ring (bicyclic) bond motifs is 1. The van der Waals surface area contributed by atoms with Gasteiger partial charge in [0.1, 0.15) is 10.8 Å². The zero-order chi connectivity index (χ0) is 28.8. The number of nitrogens with zero attached hydrogens (tertiary/aromatic N) is 1. The van der Waals surface area contributed by atoms with Crippen molar-refractivity contribution in [3.8, 4) is 5.75 Å². The van der Waals surface area contributed by atoms with Crippen LogP contribution in [0.4, 0.5) is 5.00 Å². The van der Waals surface area contributed by atoms with Gasteiger partial charge in [-0.05, 0) is 81.0 Å². The van der Waals surface area contributed by atoms with E-state index >= 15 is 0 Å². The molecule has 2 amide bonds. The van der Waals surface area contributed by atoms with E-state index in [-0.39, 0.29) is 12.5 Å². The summed E-state index contributed by atoms with van der Waals surface area (Å²) in [6, 6.07) is 11.4. The molecule has 210 valence electrons. The van der Waals surface area contributed by atoms with Crippen LogP contribution in [0, 0.1) is 5.92 Å². The maximum absolute atomic E-state index is 13.1. The molecule has 0 fully saturated rings. The highest BCUT2D eigenvalue weighted by molar-refractivity contribution is 7.17. The third kappa shape index (κ3) is 7.02. The first-order chi connectivity index (χ1) is 19.2. The van der Waals surface area contributed by atoms with Crippen molar-refractivity contribution in [3.63, 3.8) is 0 Å². The highest BCUT2D eigenvalue weighted by Crippen LogP contribution is 2.40. The van der Waals surface area contributed by atoms with E-state index in [1.165, 1.54) is 17.6 Å². The topological polar surface area (TPSA) is 106 Å². The fourth-order valence-electron chi connectivity index (χ4n) is 4.26. The molecule has 1 aromatic heterocycles. The number of ether oxygens (including phenoxy) is 2. The zero-order valence-electron chi connectivity index (χ0n) is 22.3. The smallest absolute Gasteiger partial charge is 0.341 e. The van der Waals surface area contributed by atoms with Crippen molar-refractivity contribution in [2.45, 2.75) is 46.1 Å². The molecule has 0 spiro atoms. The lowest BCUT2D eigenvalue weighted by atomic mass is 9.88. The second-order valence-electron chi connectivity index (χ2n) is 9.38. The van der Waals surface area contributed by atoms with Gasteiger partial charge in [0.15, 0.2) is 6.10 Å². The Labute approximate surface area is 246 Å². The minimum atomic E-state index is -0.870. The summed E-state index contributed by atoms with van der Waals surface area (Å²) in [4.78, 5) is 39.3. The Morgan fingerprint density at radius 2 is 1.85 bits per heavy atom. The van der Waals surface area contributed by atoms with Crippen molar-refractivity contribution in [2.75, 3.05) is 11.9 Å². The Morgan fingerprint density at radius 1 is 1.15 bits per heavy atom. The van der Waals surface area contributed by atoms with E-state index in [2.05, 4.69) is 22.8 Å². The third-order valence-electron chi connectivity index (χ3n) is 6.38. The fourth-order valence-corrected chi connectivity index (χ4v) is 6.15. The van der Waals surface area contributed by atoms with Crippen molar-refractivity contribution in [3.05, 3.63) is 79.6 Å². The fraction of sp³-hybridized carbons (Fsp3) is 0.310. The minimum absolute atomic E-state index is 0.257. The van der Waals surface area contributed by atoms with Gasteiger partial charge in [0, 0.05) is 16.0 Å². The van der Waals surface area contributed by atoms with Gasteiger partial charge >= 0.3 is 5.97 Å². The summed E-state index contributed by atoms with van der Waals surface area (Å²) < 4.78 is 11.0. The average molecular weight is 603 g/mol. The molecule has 3 aromatic rings. The van der Waals surface area contributed by atoms with Crippen LogP contribution in [0.25, 0.3) is 0 Å². The maximum atomic E-state index is 13.1. The number of nitrogens with one attached hydrogen (secondary N) is 2. The van der Waals surface area contributed by atoms with Gasteiger partial charge in [-0.1, -0.05) is 36.2 Å². The number of esters is 1. The Morgan fingerprint density at radius 3 is 2.52 bits per heavy atom. The first kappa shape index (κ1) is 29.6. The Balaban J connectivity index is 1.38. The van der Waals surface area contributed by atoms with Crippen LogP contribution in [0.5, 0.6) is 5.75 Å². The molecule has 0 saturated heterocycles. The molecular formula is C29H29Cl2N3O5S. The van der Waals surface area contributed by atoms with Gasteiger partial charge in [0.2, 0.25) is 0 Å².